The van der Waals surface area contributed by atoms with E-state index >= 15 is 0 Å². The molecular weight excluding hydrogens is 264 g/mol. The van der Waals surface area contributed by atoms with Crippen LogP contribution in [-0.4, -0.2) is 23.1 Å². The second kappa shape index (κ2) is 4.47. The zero-order valence-electron chi connectivity index (χ0n) is 11.9. The van der Waals surface area contributed by atoms with E-state index in [0.29, 0.717) is 0 Å². The highest BCUT2D eigenvalue weighted by atomic mass is 32.1. The third-order valence-electron chi connectivity index (χ3n) is 4.26. The standard InChI is InChI=1S/C17H18N2S/c1-12-3-4-16-14(9-12)15-10-18(2)7-5-17(15)19(16)13-6-8-20-11-13/h3-4,6,8-9,11H,5,7,10H2,1-2H3. The first kappa shape index (κ1) is 12.2. The Morgan fingerprint density at radius 2 is 2.10 bits per heavy atom. The van der Waals surface area contributed by atoms with E-state index in [1.165, 1.54) is 33.4 Å². The smallest absolute Gasteiger partial charge is 0.0565 e. The van der Waals surface area contributed by atoms with Gasteiger partial charge >= 0.3 is 0 Å². The number of nitrogens with zero attached hydrogens (tertiary/aromatic N) is 2. The van der Waals surface area contributed by atoms with Gasteiger partial charge in [-0.25, -0.2) is 0 Å². The Hall–Kier alpha value is -1.58. The Morgan fingerprint density at radius 3 is 2.90 bits per heavy atom. The SMILES string of the molecule is Cc1ccc2c(c1)c1c(n2-c2ccsc2)CCN(C)C1. The summed E-state index contributed by atoms with van der Waals surface area (Å²) in [5, 5.41) is 5.84. The molecule has 0 saturated heterocycles. The van der Waals surface area contributed by atoms with Gasteiger partial charge in [-0.05, 0) is 43.1 Å². The third kappa shape index (κ3) is 1.74. The van der Waals surface area contributed by atoms with Crippen molar-refractivity contribution in [3.05, 3.63) is 51.8 Å². The van der Waals surface area contributed by atoms with Crippen LogP contribution in [0.15, 0.2) is 35.0 Å². The Morgan fingerprint density at radius 1 is 1.20 bits per heavy atom. The number of hydrogen-bond donors (Lipinski definition) is 0. The molecule has 2 nitrogen and oxygen atoms in total. The molecule has 0 unspecified atom stereocenters. The zero-order chi connectivity index (χ0) is 13.7. The first-order valence-corrected chi connectivity index (χ1v) is 8.02. The summed E-state index contributed by atoms with van der Waals surface area (Å²) in [4.78, 5) is 2.42. The summed E-state index contributed by atoms with van der Waals surface area (Å²) in [6.45, 7) is 4.39. The van der Waals surface area contributed by atoms with Crippen LogP contribution in [0.3, 0.4) is 0 Å². The Balaban J connectivity index is 2.08. The summed E-state index contributed by atoms with van der Waals surface area (Å²) in [5.41, 5.74) is 7.03. The van der Waals surface area contributed by atoms with Crippen molar-refractivity contribution < 1.29 is 0 Å². The normalized spacial score (nSPS) is 15.7. The highest BCUT2D eigenvalue weighted by molar-refractivity contribution is 7.08. The summed E-state index contributed by atoms with van der Waals surface area (Å²) < 4.78 is 2.47. The van der Waals surface area contributed by atoms with Crippen LogP contribution in [-0.2, 0) is 13.0 Å². The molecule has 1 aromatic carbocycles. The van der Waals surface area contributed by atoms with Crippen molar-refractivity contribution in [1.29, 1.82) is 0 Å². The molecule has 0 aliphatic carbocycles. The van der Waals surface area contributed by atoms with Crippen LogP contribution in [0.25, 0.3) is 16.6 Å². The summed E-state index contributed by atoms with van der Waals surface area (Å²) in [7, 11) is 2.21. The van der Waals surface area contributed by atoms with Crippen molar-refractivity contribution in [2.45, 2.75) is 19.9 Å². The van der Waals surface area contributed by atoms with Gasteiger partial charge in [-0.3, -0.25) is 0 Å². The predicted molar refractivity (Wildman–Crippen MR) is 85.9 cm³/mol. The molecule has 1 aliphatic rings. The number of rotatable bonds is 1. The number of benzene rings is 1. The quantitative estimate of drug-likeness (QED) is 0.655. The van der Waals surface area contributed by atoms with E-state index in [-0.39, 0.29) is 0 Å². The van der Waals surface area contributed by atoms with Gasteiger partial charge in [-0.1, -0.05) is 11.6 Å². The van der Waals surface area contributed by atoms with E-state index in [4.69, 9.17) is 0 Å². The van der Waals surface area contributed by atoms with Gasteiger partial charge in [0.1, 0.15) is 0 Å². The van der Waals surface area contributed by atoms with Crippen molar-refractivity contribution >= 4 is 22.2 Å². The maximum Gasteiger partial charge on any atom is 0.0565 e. The Bertz CT molecular complexity index is 768. The molecule has 0 bridgehead atoms. The highest BCUT2D eigenvalue weighted by Gasteiger charge is 2.23. The van der Waals surface area contributed by atoms with Gasteiger partial charge in [0.15, 0.2) is 0 Å². The summed E-state index contributed by atoms with van der Waals surface area (Å²) in [5.74, 6) is 0. The molecule has 3 aromatic rings. The monoisotopic (exact) mass is 282 g/mol. The van der Waals surface area contributed by atoms with Crippen molar-refractivity contribution in [3.8, 4) is 5.69 Å². The average molecular weight is 282 g/mol. The number of aryl methyl sites for hydroxylation is 1. The molecule has 0 N–H and O–H groups in total. The molecule has 0 atom stereocenters. The van der Waals surface area contributed by atoms with E-state index in [0.717, 1.165) is 19.5 Å². The molecule has 0 amide bonds. The number of fused-ring (bicyclic) bond motifs is 3. The molecule has 0 spiro atoms. The largest absolute Gasteiger partial charge is 0.312 e. The average Bonchev–Trinajstić information content (AvgIpc) is 3.04. The third-order valence-corrected chi connectivity index (χ3v) is 4.93. The number of thiophene rings is 1. The van der Waals surface area contributed by atoms with Gasteiger partial charge in [-0.2, -0.15) is 11.3 Å². The van der Waals surface area contributed by atoms with Crippen LogP contribution < -0.4 is 0 Å². The molecule has 20 heavy (non-hydrogen) atoms. The topological polar surface area (TPSA) is 8.17 Å². The lowest BCUT2D eigenvalue weighted by Crippen LogP contribution is -2.27. The van der Waals surface area contributed by atoms with Crippen molar-refractivity contribution in [2.75, 3.05) is 13.6 Å². The minimum Gasteiger partial charge on any atom is -0.312 e. The predicted octanol–water partition coefficient (Wildman–Crippen LogP) is 3.99. The minimum absolute atomic E-state index is 1.06. The molecule has 2 aromatic heterocycles. The molecule has 0 radical (unpaired) electrons. The van der Waals surface area contributed by atoms with Crippen molar-refractivity contribution in [3.63, 3.8) is 0 Å². The van der Waals surface area contributed by atoms with Gasteiger partial charge in [0.05, 0.1) is 11.2 Å². The van der Waals surface area contributed by atoms with Gasteiger partial charge in [0.25, 0.3) is 0 Å². The highest BCUT2D eigenvalue weighted by Crippen LogP contribution is 2.34. The Kier molecular flexibility index (Phi) is 2.72. The van der Waals surface area contributed by atoms with Gasteiger partial charge in [0.2, 0.25) is 0 Å². The van der Waals surface area contributed by atoms with E-state index in [1.807, 2.05) is 0 Å². The fourth-order valence-electron chi connectivity index (χ4n) is 3.29. The molecule has 0 fully saturated rings. The summed E-state index contributed by atoms with van der Waals surface area (Å²) in [6.07, 6.45) is 1.13. The van der Waals surface area contributed by atoms with Crippen LogP contribution in [0.4, 0.5) is 0 Å². The van der Waals surface area contributed by atoms with Crippen LogP contribution in [0.2, 0.25) is 0 Å². The molecule has 0 saturated carbocycles. The van der Waals surface area contributed by atoms with Gasteiger partial charge < -0.3 is 9.47 Å². The fraction of sp³-hybridized carbons (Fsp3) is 0.294. The number of aromatic nitrogens is 1. The maximum absolute atomic E-state index is 2.47. The van der Waals surface area contributed by atoms with Crippen LogP contribution in [0, 0.1) is 6.92 Å². The lowest BCUT2D eigenvalue weighted by molar-refractivity contribution is 0.311. The molecule has 3 heterocycles. The van der Waals surface area contributed by atoms with E-state index in [2.05, 4.69) is 58.5 Å². The maximum atomic E-state index is 2.47. The van der Waals surface area contributed by atoms with E-state index in [1.54, 1.807) is 11.3 Å². The minimum atomic E-state index is 1.06. The summed E-state index contributed by atoms with van der Waals surface area (Å²) >= 11 is 1.77. The van der Waals surface area contributed by atoms with Crippen molar-refractivity contribution in [2.24, 2.45) is 0 Å². The number of likely N-dealkylation sites (N-methyl/N-ethyl adjacent to an activating group) is 1. The molecular formula is C17H18N2S. The second-order valence-electron chi connectivity index (χ2n) is 5.75. The number of hydrogen-bond acceptors (Lipinski definition) is 2. The lowest BCUT2D eigenvalue weighted by atomic mass is 10.0. The van der Waals surface area contributed by atoms with Crippen molar-refractivity contribution in [1.82, 2.24) is 9.47 Å². The zero-order valence-corrected chi connectivity index (χ0v) is 12.7. The van der Waals surface area contributed by atoms with Crippen LogP contribution >= 0.6 is 11.3 Å². The molecule has 102 valence electrons. The van der Waals surface area contributed by atoms with E-state index in [9.17, 15) is 0 Å². The first-order chi connectivity index (χ1) is 9.74. The lowest BCUT2D eigenvalue weighted by Gasteiger charge is -2.24. The van der Waals surface area contributed by atoms with Gasteiger partial charge in [0, 0.05) is 36.0 Å². The first-order valence-electron chi connectivity index (χ1n) is 7.08. The molecule has 3 heteroatoms. The second-order valence-corrected chi connectivity index (χ2v) is 6.53. The van der Waals surface area contributed by atoms with Crippen LogP contribution in [0.5, 0.6) is 0 Å². The molecule has 1 aliphatic heterocycles. The summed E-state index contributed by atoms with van der Waals surface area (Å²) in [6, 6.07) is 9.07. The van der Waals surface area contributed by atoms with Crippen LogP contribution in [0.1, 0.15) is 16.8 Å². The van der Waals surface area contributed by atoms with Gasteiger partial charge in [-0.15, -0.1) is 0 Å². The Labute approximate surface area is 123 Å². The van der Waals surface area contributed by atoms with E-state index < -0.39 is 0 Å². The molecule has 4 rings (SSSR count). The fourth-order valence-corrected chi connectivity index (χ4v) is 3.91.